The van der Waals surface area contributed by atoms with Crippen LogP contribution in [0.1, 0.15) is 28.4 Å². The van der Waals surface area contributed by atoms with E-state index in [0.717, 1.165) is 18.4 Å². The zero-order valence-corrected chi connectivity index (χ0v) is 12.3. The first-order chi connectivity index (χ1) is 10.2. The van der Waals surface area contributed by atoms with Gasteiger partial charge in [0.05, 0.1) is 6.61 Å². The lowest BCUT2D eigenvalue weighted by Gasteiger charge is -2.13. The van der Waals surface area contributed by atoms with Gasteiger partial charge in [-0.2, -0.15) is 0 Å². The second-order valence-corrected chi connectivity index (χ2v) is 5.20. The van der Waals surface area contributed by atoms with Crippen LogP contribution in [0, 0.1) is 0 Å². The van der Waals surface area contributed by atoms with Crippen LogP contribution in [0.15, 0.2) is 54.6 Å². The number of amides is 1. The molecule has 0 spiro atoms. The molecule has 3 heteroatoms. The van der Waals surface area contributed by atoms with Crippen LogP contribution < -0.4 is 5.32 Å². The molecular weight excluding hydrogens is 262 g/mol. The number of rotatable bonds is 6. The van der Waals surface area contributed by atoms with Crippen molar-refractivity contribution < 1.29 is 9.90 Å². The summed E-state index contributed by atoms with van der Waals surface area (Å²) in [5, 5.41) is 11.8. The van der Waals surface area contributed by atoms with Gasteiger partial charge in [0.1, 0.15) is 0 Å². The monoisotopic (exact) mass is 283 g/mol. The standard InChI is InChI=1S/C18H21NO2/c1-14(13-20)19-18(21)17-10-6-5-9-16(17)12-11-15-7-3-2-4-8-15/h2-10,14,20H,11-13H2,1H3,(H,19,21). The minimum atomic E-state index is -0.236. The Morgan fingerprint density at radius 2 is 1.71 bits per heavy atom. The van der Waals surface area contributed by atoms with Gasteiger partial charge < -0.3 is 10.4 Å². The molecule has 2 aromatic rings. The van der Waals surface area contributed by atoms with E-state index in [-0.39, 0.29) is 18.6 Å². The van der Waals surface area contributed by atoms with Crippen LogP contribution in [-0.2, 0) is 12.8 Å². The van der Waals surface area contributed by atoms with Crippen molar-refractivity contribution >= 4 is 5.91 Å². The number of hydrogen-bond acceptors (Lipinski definition) is 2. The average molecular weight is 283 g/mol. The molecule has 110 valence electrons. The number of aryl methyl sites for hydroxylation is 2. The maximum Gasteiger partial charge on any atom is 0.251 e. The highest BCUT2D eigenvalue weighted by Gasteiger charge is 2.12. The van der Waals surface area contributed by atoms with E-state index in [0.29, 0.717) is 5.56 Å². The summed E-state index contributed by atoms with van der Waals surface area (Å²) in [4.78, 5) is 12.2. The molecule has 0 radical (unpaired) electrons. The number of hydrogen-bond donors (Lipinski definition) is 2. The van der Waals surface area contributed by atoms with Gasteiger partial charge in [-0.25, -0.2) is 0 Å². The van der Waals surface area contributed by atoms with Crippen LogP contribution in [0.4, 0.5) is 0 Å². The molecule has 0 fully saturated rings. The molecule has 1 atom stereocenters. The van der Waals surface area contributed by atoms with Crippen LogP contribution in [0.25, 0.3) is 0 Å². The number of benzene rings is 2. The Hall–Kier alpha value is -2.13. The lowest BCUT2D eigenvalue weighted by atomic mass is 9.99. The van der Waals surface area contributed by atoms with Crippen LogP contribution in [0.3, 0.4) is 0 Å². The fraction of sp³-hybridized carbons (Fsp3) is 0.278. The Kier molecular flexibility index (Phi) is 5.52. The van der Waals surface area contributed by atoms with Gasteiger partial charge in [-0.3, -0.25) is 4.79 Å². The third-order valence-electron chi connectivity index (χ3n) is 3.44. The van der Waals surface area contributed by atoms with Gasteiger partial charge in [-0.15, -0.1) is 0 Å². The molecule has 0 aliphatic carbocycles. The third kappa shape index (κ3) is 4.43. The molecule has 0 heterocycles. The average Bonchev–Trinajstić information content (AvgIpc) is 2.54. The minimum absolute atomic E-state index is 0.0576. The first kappa shape index (κ1) is 15.3. The summed E-state index contributed by atoms with van der Waals surface area (Å²) in [6.07, 6.45) is 1.72. The molecule has 0 aliphatic heterocycles. The molecule has 2 N–H and O–H groups in total. The smallest absolute Gasteiger partial charge is 0.251 e. The van der Waals surface area contributed by atoms with Crippen LogP contribution in [0.5, 0.6) is 0 Å². The highest BCUT2D eigenvalue weighted by Crippen LogP contribution is 2.13. The van der Waals surface area contributed by atoms with Crippen LogP contribution in [-0.4, -0.2) is 23.7 Å². The molecular formula is C18H21NO2. The van der Waals surface area contributed by atoms with E-state index >= 15 is 0 Å². The summed E-state index contributed by atoms with van der Waals surface area (Å²) in [6.45, 7) is 1.72. The fourth-order valence-electron chi connectivity index (χ4n) is 2.23. The van der Waals surface area contributed by atoms with Crippen LogP contribution >= 0.6 is 0 Å². The van der Waals surface area contributed by atoms with Crippen molar-refractivity contribution in [3.8, 4) is 0 Å². The molecule has 1 unspecified atom stereocenters. The van der Waals surface area contributed by atoms with E-state index in [1.54, 1.807) is 6.92 Å². The molecule has 0 bridgehead atoms. The Balaban J connectivity index is 2.08. The first-order valence-electron chi connectivity index (χ1n) is 7.24. The van der Waals surface area contributed by atoms with E-state index in [1.165, 1.54) is 5.56 Å². The van der Waals surface area contributed by atoms with E-state index in [1.807, 2.05) is 42.5 Å². The number of nitrogens with one attached hydrogen (secondary N) is 1. The summed E-state index contributed by atoms with van der Waals surface area (Å²) >= 11 is 0. The van der Waals surface area contributed by atoms with Gasteiger partial charge >= 0.3 is 0 Å². The van der Waals surface area contributed by atoms with E-state index in [4.69, 9.17) is 5.11 Å². The second-order valence-electron chi connectivity index (χ2n) is 5.20. The van der Waals surface area contributed by atoms with Crippen molar-refractivity contribution in [1.29, 1.82) is 0 Å². The number of aliphatic hydroxyl groups excluding tert-OH is 1. The molecule has 2 aromatic carbocycles. The summed E-state index contributed by atoms with van der Waals surface area (Å²) in [5.41, 5.74) is 2.98. The predicted octanol–water partition coefficient (Wildman–Crippen LogP) is 2.58. The largest absolute Gasteiger partial charge is 0.394 e. The maximum absolute atomic E-state index is 12.2. The minimum Gasteiger partial charge on any atom is -0.394 e. The van der Waals surface area contributed by atoms with Crippen molar-refractivity contribution in [2.24, 2.45) is 0 Å². The summed E-state index contributed by atoms with van der Waals surface area (Å²) in [6, 6.07) is 17.6. The van der Waals surface area contributed by atoms with Gasteiger partial charge in [-0.05, 0) is 37.0 Å². The summed E-state index contributed by atoms with van der Waals surface area (Å²) in [5.74, 6) is -0.125. The molecule has 0 saturated heterocycles. The van der Waals surface area contributed by atoms with Crippen molar-refractivity contribution in [2.75, 3.05) is 6.61 Å². The number of carbonyl (C=O) groups excluding carboxylic acids is 1. The Labute approximate surface area is 125 Å². The lowest BCUT2D eigenvalue weighted by Crippen LogP contribution is -2.35. The van der Waals surface area contributed by atoms with Crippen molar-refractivity contribution in [1.82, 2.24) is 5.32 Å². The molecule has 0 aliphatic rings. The molecule has 21 heavy (non-hydrogen) atoms. The Bertz CT molecular complexity index is 581. The van der Waals surface area contributed by atoms with Gasteiger partial charge in [0.2, 0.25) is 0 Å². The summed E-state index contributed by atoms with van der Waals surface area (Å²) < 4.78 is 0. The highest BCUT2D eigenvalue weighted by atomic mass is 16.3. The number of aliphatic hydroxyl groups is 1. The van der Waals surface area contributed by atoms with E-state index in [9.17, 15) is 4.79 Å². The highest BCUT2D eigenvalue weighted by molar-refractivity contribution is 5.95. The molecule has 0 aromatic heterocycles. The molecule has 2 rings (SSSR count). The SMILES string of the molecule is CC(CO)NC(=O)c1ccccc1CCc1ccccc1. The second kappa shape index (κ2) is 7.60. The lowest BCUT2D eigenvalue weighted by molar-refractivity contribution is 0.0921. The van der Waals surface area contributed by atoms with Gasteiger partial charge in [0.25, 0.3) is 5.91 Å². The molecule has 3 nitrogen and oxygen atoms in total. The fourth-order valence-corrected chi connectivity index (χ4v) is 2.23. The maximum atomic E-state index is 12.2. The Morgan fingerprint density at radius 3 is 2.43 bits per heavy atom. The Morgan fingerprint density at radius 1 is 1.05 bits per heavy atom. The quantitative estimate of drug-likeness (QED) is 0.856. The van der Waals surface area contributed by atoms with Crippen LogP contribution in [0.2, 0.25) is 0 Å². The third-order valence-corrected chi connectivity index (χ3v) is 3.44. The van der Waals surface area contributed by atoms with Gasteiger partial charge in [-0.1, -0.05) is 48.5 Å². The molecule has 1 amide bonds. The zero-order chi connectivity index (χ0) is 15.1. The number of carbonyl (C=O) groups is 1. The van der Waals surface area contributed by atoms with Crippen molar-refractivity contribution in [2.45, 2.75) is 25.8 Å². The molecule has 0 saturated carbocycles. The van der Waals surface area contributed by atoms with Gasteiger partial charge in [0.15, 0.2) is 0 Å². The van der Waals surface area contributed by atoms with E-state index < -0.39 is 0 Å². The van der Waals surface area contributed by atoms with Crippen molar-refractivity contribution in [3.63, 3.8) is 0 Å². The van der Waals surface area contributed by atoms with Crippen molar-refractivity contribution in [3.05, 3.63) is 71.3 Å². The first-order valence-corrected chi connectivity index (χ1v) is 7.24. The predicted molar refractivity (Wildman–Crippen MR) is 84.3 cm³/mol. The zero-order valence-electron chi connectivity index (χ0n) is 12.3. The normalized spacial score (nSPS) is 11.9. The van der Waals surface area contributed by atoms with Gasteiger partial charge in [0, 0.05) is 11.6 Å². The summed E-state index contributed by atoms with van der Waals surface area (Å²) in [7, 11) is 0. The topological polar surface area (TPSA) is 49.3 Å². The van der Waals surface area contributed by atoms with E-state index in [2.05, 4.69) is 17.4 Å².